The van der Waals surface area contributed by atoms with Crippen LogP contribution in [0, 0.1) is 0 Å². The Kier molecular flexibility index (Phi) is 2.67. The van der Waals surface area contributed by atoms with E-state index >= 15 is 0 Å². The first-order chi connectivity index (χ1) is 6.77. The van der Waals surface area contributed by atoms with Crippen molar-refractivity contribution >= 4 is 11.9 Å². The molecule has 14 heavy (non-hydrogen) atoms. The summed E-state index contributed by atoms with van der Waals surface area (Å²) in [5.41, 5.74) is 0. The average molecular weight is 198 g/mol. The molecule has 0 unspecified atom stereocenters. The van der Waals surface area contributed by atoms with Crippen LogP contribution in [0.4, 0.5) is 0 Å². The van der Waals surface area contributed by atoms with Crippen LogP contribution in [0.15, 0.2) is 0 Å². The van der Waals surface area contributed by atoms with Gasteiger partial charge in [-0.05, 0) is 25.8 Å². The lowest BCUT2D eigenvalue weighted by Crippen LogP contribution is -2.38. The number of nitrogens with one attached hydrogen (secondary N) is 1. The number of hydrogen-bond acceptors (Lipinski definition) is 4. The van der Waals surface area contributed by atoms with Gasteiger partial charge < -0.3 is 10.2 Å². The molecule has 2 saturated heterocycles. The largest absolute Gasteiger partial charge is 0.349 e. The maximum atomic E-state index is 11.5. The molecule has 0 radical (unpaired) electrons. The van der Waals surface area contributed by atoms with E-state index in [0.717, 1.165) is 25.8 Å². The van der Waals surface area contributed by atoms with Crippen molar-refractivity contribution in [2.45, 2.75) is 31.7 Å². The van der Waals surface area contributed by atoms with Gasteiger partial charge in [0.15, 0.2) is 0 Å². The lowest BCUT2D eigenvalue weighted by Gasteiger charge is -2.17. The monoisotopic (exact) mass is 198 g/mol. The molecule has 1 N–H and O–H groups in total. The van der Waals surface area contributed by atoms with E-state index in [1.165, 1.54) is 5.06 Å². The van der Waals surface area contributed by atoms with Crippen LogP contribution in [0.25, 0.3) is 0 Å². The van der Waals surface area contributed by atoms with E-state index < -0.39 is 0 Å². The van der Waals surface area contributed by atoms with E-state index in [1.54, 1.807) is 0 Å². The number of carbonyl (C=O) groups excluding carboxylic acids is 2. The second kappa shape index (κ2) is 3.96. The standard InChI is InChI=1S/C9H14N2O3/c12-8-4-2-6-11(8)14-9(13)7-3-1-5-10-7/h7,10H,1-6H2/t7-/m0/s1. The summed E-state index contributed by atoms with van der Waals surface area (Å²) in [7, 11) is 0. The molecule has 0 aliphatic carbocycles. The van der Waals surface area contributed by atoms with Crippen molar-refractivity contribution in [3.63, 3.8) is 0 Å². The molecule has 0 saturated carbocycles. The molecule has 0 aromatic heterocycles. The Labute approximate surface area is 82.3 Å². The number of rotatable bonds is 2. The van der Waals surface area contributed by atoms with Crippen molar-refractivity contribution in [1.29, 1.82) is 0 Å². The SMILES string of the molecule is O=C(ON1CCCC1=O)[C@@H]1CCCN1. The van der Waals surface area contributed by atoms with Gasteiger partial charge in [-0.25, -0.2) is 4.79 Å². The highest BCUT2D eigenvalue weighted by Crippen LogP contribution is 2.13. The summed E-state index contributed by atoms with van der Waals surface area (Å²) in [5.74, 6) is -0.408. The van der Waals surface area contributed by atoms with Crippen molar-refractivity contribution in [1.82, 2.24) is 10.4 Å². The zero-order valence-electron chi connectivity index (χ0n) is 7.99. The summed E-state index contributed by atoms with van der Waals surface area (Å²) in [4.78, 5) is 27.6. The van der Waals surface area contributed by atoms with Crippen LogP contribution >= 0.6 is 0 Å². The van der Waals surface area contributed by atoms with Gasteiger partial charge in [0.2, 0.25) is 0 Å². The molecule has 5 heteroatoms. The van der Waals surface area contributed by atoms with Crippen LogP contribution in [0.5, 0.6) is 0 Å². The van der Waals surface area contributed by atoms with E-state index in [1.807, 2.05) is 0 Å². The minimum atomic E-state index is -0.322. The first-order valence-electron chi connectivity index (χ1n) is 5.03. The third-order valence-corrected chi connectivity index (χ3v) is 2.58. The van der Waals surface area contributed by atoms with Crippen molar-refractivity contribution in [2.24, 2.45) is 0 Å². The van der Waals surface area contributed by atoms with E-state index in [0.29, 0.717) is 13.0 Å². The highest BCUT2D eigenvalue weighted by molar-refractivity contribution is 5.81. The second-order valence-electron chi connectivity index (χ2n) is 3.66. The zero-order valence-corrected chi connectivity index (χ0v) is 7.99. The van der Waals surface area contributed by atoms with Gasteiger partial charge in [0.25, 0.3) is 5.91 Å². The third kappa shape index (κ3) is 1.87. The van der Waals surface area contributed by atoms with Gasteiger partial charge in [0.05, 0.1) is 6.54 Å². The van der Waals surface area contributed by atoms with Crippen LogP contribution in [0.3, 0.4) is 0 Å². The quantitative estimate of drug-likeness (QED) is 0.668. The average Bonchev–Trinajstić information content (AvgIpc) is 2.77. The van der Waals surface area contributed by atoms with Crippen LogP contribution in [0.1, 0.15) is 25.7 Å². The Morgan fingerprint density at radius 3 is 2.93 bits per heavy atom. The Hall–Kier alpha value is -1.10. The molecular formula is C9H14N2O3. The Morgan fingerprint density at radius 1 is 1.50 bits per heavy atom. The Bertz CT molecular complexity index is 248. The second-order valence-corrected chi connectivity index (χ2v) is 3.66. The van der Waals surface area contributed by atoms with Crippen molar-refractivity contribution in [2.75, 3.05) is 13.1 Å². The molecule has 0 spiro atoms. The van der Waals surface area contributed by atoms with Gasteiger partial charge in [0.1, 0.15) is 6.04 Å². The topological polar surface area (TPSA) is 58.6 Å². The zero-order chi connectivity index (χ0) is 9.97. The molecule has 5 nitrogen and oxygen atoms in total. The minimum Gasteiger partial charge on any atom is -0.336 e. The van der Waals surface area contributed by atoms with Crippen LogP contribution in [-0.4, -0.2) is 36.1 Å². The maximum Gasteiger partial charge on any atom is 0.349 e. The van der Waals surface area contributed by atoms with E-state index in [2.05, 4.69) is 5.32 Å². The van der Waals surface area contributed by atoms with Gasteiger partial charge in [-0.1, -0.05) is 0 Å². The highest BCUT2D eigenvalue weighted by Gasteiger charge is 2.29. The van der Waals surface area contributed by atoms with E-state index in [-0.39, 0.29) is 17.9 Å². The van der Waals surface area contributed by atoms with E-state index in [9.17, 15) is 9.59 Å². The fourth-order valence-electron chi connectivity index (χ4n) is 1.78. The lowest BCUT2D eigenvalue weighted by molar-refractivity contribution is -0.194. The molecule has 2 aliphatic heterocycles. The molecule has 2 heterocycles. The minimum absolute atomic E-state index is 0.0867. The fraction of sp³-hybridized carbons (Fsp3) is 0.778. The van der Waals surface area contributed by atoms with Crippen molar-refractivity contribution < 1.29 is 14.4 Å². The molecule has 78 valence electrons. The molecule has 2 aliphatic rings. The summed E-state index contributed by atoms with van der Waals surface area (Å²) in [6.45, 7) is 1.39. The summed E-state index contributed by atoms with van der Waals surface area (Å²) in [6, 6.07) is -0.219. The van der Waals surface area contributed by atoms with Crippen molar-refractivity contribution in [3.8, 4) is 0 Å². The van der Waals surface area contributed by atoms with Crippen LogP contribution in [-0.2, 0) is 14.4 Å². The van der Waals surface area contributed by atoms with Gasteiger partial charge in [-0.2, -0.15) is 5.06 Å². The highest BCUT2D eigenvalue weighted by atomic mass is 16.7. The molecule has 0 bridgehead atoms. The number of hydroxylamine groups is 2. The molecule has 1 amide bonds. The normalized spacial score (nSPS) is 27.0. The summed E-state index contributed by atoms with van der Waals surface area (Å²) in [6.07, 6.45) is 3.07. The van der Waals surface area contributed by atoms with Crippen molar-refractivity contribution in [3.05, 3.63) is 0 Å². The number of carbonyl (C=O) groups is 2. The predicted octanol–water partition coefficient (Wildman–Crippen LogP) is -0.181. The summed E-state index contributed by atoms with van der Waals surface area (Å²) in [5, 5.41) is 4.22. The van der Waals surface area contributed by atoms with Gasteiger partial charge in [-0.3, -0.25) is 4.79 Å². The Balaban J connectivity index is 1.84. The number of nitrogens with zero attached hydrogens (tertiary/aromatic N) is 1. The van der Waals surface area contributed by atoms with Gasteiger partial charge in [-0.15, -0.1) is 0 Å². The van der Waals surface area contributed by atoms with Gasteiger partial charge >= 0.3 is 5.97 Å². The first-order valence-corrected chi connectivity index (χ1v) is 5.03. The predicted molar refractivity (Wildman–Crippen MR) is 48.1 cm³/mol. The van der Waals surface area contributed by atoms with Crippen LogP contribution in [0.2, 0.25) is 0 Å². The molecule has 0 aromatic rings. The number of amides is 1. The maximum absolute atomic E-state index is 11.5. The smallest absolute Gasteiger partial charge is 0.336 e. The molecule has 0 aromatic carbocycles. The summed E-state index contributed by atoms with van der Waals surface area (Å²) >= 11 is 0. The summed E-state index contributed by atoms with van der Waals surface area (Å²) < 4.78 is 0. The number of hydrogen-bond donors (Lipinski definition) is 1. The molecular weight excluding hydrogens is 184 g/mol. The van der Waals surface area contributed by atoms with E-state index in [4.69, 9.17) is 4.84 Å². The Morgan fingerprint density at radius 2 is 2.36 bits per heavy atom. The third-order valence-electron chi connectivity index (χ3n) is 2.58. The molecule has 1 atom stereocenters. The molecule has 2 rings (SSSR count). The van der Waals surface area contributed by atoms with Crippen LogP contribution < -0.4 is 5.32 Å². The lowest BCUT2D eigenvalue weighted by atomic mass is 10.2. The fourth-order valence-corrected chi connectivity index (χ4v) is 1.78. The van der Waals surface area contributed by atoms with Gasteiger partial charge in [0, 0.05) is 6.42 Å². The first kappa shape index (κ1) is 9.45. The molecule has 2 fully saturated rings.